The number of H-pyrrole nitrogens is 1. The van der Waals surface area contributed by atoms with E-state index >= 15 is 0 Å². The molecule has 0 unspecified atom stereocenters. The highest BCUT2D eigenvalue weighted by Crippen LogP contribution is 2.40. The second-order valence-electron chi connectivity index (χ2n) is 5.86. The van der Waals surface area contributed by atoms with Crippen LogP contribution in [0.25, 0.3) is 22.4 Å². The molecule has 0 radical (unpaired) electrons. The largest absolute Gasteiger partial charge is 0.546 e. The zero-order valence-electron chi connectivity index (χ0n) is 14.1. The monoisotopic (exact) mass is 367 g/mol. The predicted molar refractivity (Wildman–Crippen MR) is 92.6 cm³/mol. The first-order valence-electron chi connectivity index (χ1n) is 8.21. The third kappa shape index (κ3) is 3.37. The van der Waals surface area contributed by atoms with E-state index < -0.39 is 12.6 Å². The maximum Gasteiger partial charge on any atom is 0.161 e. The number of nitrogens with zero attached hydrogens (tertiary/aromatic N) is 1. The van der Waals surface area contributed by atoms with Gasteiger partial charge in [-0.05, 0) is 29.8 Å². The Morgan fingerprint density at radius 2 is 1.96 bits per heavy atom. The van der Waals surface area contributed by atoms with E-state index in [4.69, 9.17) is 14.2 Å². The van der Waals surface area contributed by atoms with Gasteiger partial charge in [0.1, 0.15) is 31.3 Å². The van der Waals surface area contributed by atoms with Crippen molar-refractivity contribution in [3.8, 4) is 45.4 Å². The fourth-order valence-electron chi connectivity index (χ4n) is 2.88. The molecule has 138 valence electrons. The van der Waals surface area contributed by atoms with Gasteiger partial charge in [-0.3, -0.25) is 5.10 Å². The molecule has 0 saturated heterocycles. The number of carbonyl (C=O) groups is 1. The second-order valence-corrected chi connectivity index (χ2v) is 5.86. The van der Waals surface area contributed by atoms with Crippen LogP contribution in [0.4, 0.5) is 0 Å². The van der Waals surface area contributed by atoms with Crippen molar-refractivity contribution in [3.63, 3.8) is 0 Å². The third-order valence-corrected chi connectivity index (χ3v) is 4.09. The molecule has 8 nitrogen and oxygen atoms in total. The molecule has 0 bridgehead atoms. The summed E-state index contributed by atoms with van der Waals surface area (Å²) in [4.78, 5) is 10.5. The zero-order chi connectivity index (χ0) is 18.8. The molecule has 2 heterocycles. The standard InChI is InChI=1S/C19H16N2O6/c22-15-8-12(27-10-18(23)24)2-3-13(15)19-14(9-20-21-19)11-1-4-16-17(7-11)26-6-5-25-16/h1-4,7-9,22H,5-6,10H2,(H,20,21)(H,23,24)/p-1. The van der Waals surface area contributed by atoms with Gasteiger partial charge in [-0.2, -0.15) is 5.10 Å². The van der Waals surface area contributed by atoms with Crippen LogP contribution in [0.1, 0.15) is 0 Å². The van der Waals surface area contributed by atoms with Gasteiger partial charge in [0, 0.05) is 17.2 Å². The Balaban J connectivity index is 1.67. The van der Waals surface area contributed by atoms with Crippen LogP contribution in [-0.4, -0.2) is 41.1 Å². The Morgan fingerprint density at radius 1 is 1.15 bits per heavy atom. The van der Waals surface area contributed by atoms with Crippen LogP contribution < -0.4 is 19.3 Å². The van der Waals surface area contributed by atoms with E-state index in [1.54, 1.807) is 18.3 Å². The Morgan fingerprint density at radius 3 is 2.74 bits per heavy atom. The quantitative estimate of drug-likeness (QED) is 0.699. The topological polar surface area (TPSA) is 117 Å². The van der Waals surface area contributed by atoms with Crippen LogP contribution in [0.5, 0.6) is 23.0 Å². The molecule has 0 saturated carbocycles. The molecule has 0 spiro atoms. The number of ether oxygens (including phenoxy) is 3. The summed E-state index contributed by atoms with van der Waals surface area (Å²) in [5.41, 5.74) is 2.72. The Bertz CT molecular complexity index is 998. The molecular weight excluding hydrogens is 352 g/mol. The zero-order valence-corrected chi connectivity index (χ0v) is 14.1. The number of hydrogen-bond acceptors (Lipinski definition) is 7. The lowest BCUT2D eigenvalue weighted by atomic mass is 10.0. The highest BCUT2D eigenvalue weighted by atomic mass is 16.6. The van der Waals surface area contributed by atoms with Crippen molar-refractivity contribution in [2.24, 2.45) is 0 Å². The van der Waals surface area contributed by atoms with Crippen molar-refractivity contribution in [3.05, 3.63) is 42.6 Å². The molecule has 1 aliphatic rings. The molecule has 0 amide bonds. The van der Waals surface area contributed by atoms with Gasteiger partial charge in [-0.15, -0.1) is 0 Å². The van der Waals surface area contributed by atoms with E-state index in [0.717, 1.165) is 11.1 Å². The lowest BCUT2D eigenvalue weighted by Gasteiger charge is -2.19. The van der Waals surface area contributed by atoms with Crippen LogP contribution in [0.3, 0.4) is 0 Å². The van der Waals surface area contributed by atoms with Crippen LogP contribution in [0.15, 0.2) is 42.6 Å². The van der Waals surface area contributed by atoms with Crippen molar-refractivity contribution in [1.82, 2.24) is 10.2 Å². The lowest BCUT2D eigenvalue weighted by Crippen LogP contribution is -2.28. The third-order valence-electron chi connectivity index (χ3n) is 4.09. The second kappa shape index (κ2) is 6.91. The molecule has 3 aromatic rings. The van der Waals surface area contributed by atoms with Gasteiger partial charge in [0.25, 0.3) is 0 Å². The lowest BCUT2D eigenvalue weighted by molar-refractivity contribution is -0.307. The molecule has 0 aliphatic carbocycles. The smallest absolute Gasteiger partial charge is 0.161 e. The molecular formula is C19H15N2O6-. The number of aliphatic carboxylic acids is 1. The number of nitrogens with one attached hydrogen (secondary N) is 1. The first-order chi connectivity index (χ1) is 13.1. The van der Waals surface area contributed by atoms with Crippen LogP contribution in [0, 0.1) is 0 Å². The number of carboxylic acids is 1. The maximum absolute atomic E-state index is 10.5. The number of phenolic OH excluding ortho intramolecular Hbond substituents is 1. The minimum Gasteiger partial charge on any atom is -0.546 e. The Labute approximate surface area is 153 Å². The van der Waals surface area contributed by atoms with E-state index in [-0.39, 0.29) is 11.5 Å². The molecule has 1 aromatic heterocycles. The molecule has 1 aliphatic heterocycles. The van der Waals surface area contributed by atoms with E-state index in [1.165, 1.54) is 6.07 Å². The maximum atomic E-state index is 10.5. The van der Waals surface area contributed by atoms with Gasteiger partial charge in [0.15, 0.2) is 11.5 Å². The van der Waals surface area contributed by atoms with Crippen molar-refractivity contribution < 1.29 is 29.2 Å². The van der Waals surface area contributed by atoms with Gasteiger partial charge in [0.2, 0.25) is 0 Å². The number of carboxylic acid groups (broad SMARTS) is 1. The molecule has 0 fully saturated rings. The van der Waals surface area contributed by atoms with E-state index in [1.807, 2.05) is 18.2 Å². The van der Waals surface area contributed by atoms with Gasteiger partial charge in [0.05, 0.1) is 17.9 Å². The number of rotatable bonds is 5. The molecule has 27 heavy (non-hydrogen) atoms. The number of aromatic hydroxyl groups is 1. The molecule has 8 heteroatoms. The van der Waals surface area contributed by atoms with E-state index in [2.05, 4.69) is 10.2 Å². The summed E-state index contributed by atoms with van der Waals surface area (Å²) >= 11 is 0. The number of aromatic nitrogens is 2. The predicted octanol–water partition coefficient (Wildman–Crippen LogP) is 1.35. The van der Waals surface area contributed by atoms with Crippen molar-refractivity contribution in [2.45, 2.75) is 0 Å². The highest BCUT2D eigenvalue weighted by Gasteiger charge is 2.17. The highest BCUT2D eigenvalue weighted by molar-refractivity contribution is 5.84. The van der Waals surface area contributed by atoms with Crippen molar-refractivity contribution in [2.75, 3.05) is 19.8 Å². The number of hydrogen-bond donors (Lipinski definition) is 2. The number of benzene rings is 2. The summed E-state index contributed by atoms with van der Waals surface area (Å²) in [6.07, 6.45) is 1.65. The summed E-state index contributed by atoms with van der Waals surface area (Å²) in [7, 11) is 0. The Kier molecular flexibility index (Phi) is 4.29. The van der Waals surface area contributed by atoms with Gasteiger partial charge in [-0.1, -0.05) is 6.07 Å². The summed E-state index contributed by atoms with van der Waals surface area (Å²) in [6.45, 7) is 0.414. The van der Waals surface area contributed by atoms with Crippen LogP contribution in [0.2, 0.25) is 0 Å². The van der Waals surface area contributed by atoms with Crippen molar-refractivity contribution in [1.29, 1.82) is 0 Å². The number of carbonyl (C=O) groups excluding carboxylic acids is 1. The number of phenols is 1. The first-order valence-corrected chi connectivity index (χ1v) is 8.21. The van der Waals surface area contributed by atoms with Crippen molar-refractivity contribution >= 4 is 5.97 Å². The summed E-state index contributed by atoms with van der Waals surface area (Å²) in [5.74, 6) is 0.149. The fraction of sp³-hybridized carbons (Fsp3) is 0.158. The SMILES string of the molecule is O=C([O-])COc1ccc(-c2[nH]ncc2-c2ccc3c(c2)OCCO3)c(O)c1. The summed E-state index contributed by atoms with van der Waals surface area (Å²) < 4.78 is 16.2. The fourth-order valence-corrected chi connectivity index (χ4v) is 2.88. The van der Waals surface area contributed by atoms with Crippen LogP contribution in [-0.2, 0) is 4.79 Å². The van der Waals surface area contributed by atoms with E-state index in [9.17, 15) is 15.0 Å². The number of fused-ring (bicyclic) bond motifs is 1. The molecule has 0 atom stereocenters. The van der Waals surface area contributed by atoms with E-state index in [0.29, 0.717) is 36.0 Å². The minimum atomic E-state index is -1.34. The average molecular weight is 367 g/mol. The minimum absolute atomic E-state index is 0.0751. The summed E-state index contributed by atoms with van der Waals surface area (Å²) in [6, 6.07) is 10.1. The average Bonchev–Trinajstić information content (AvgIpc) is 3.15. The normalized spacial score (nSPS) is 12.6. The van der Waals surface area contributed by atoms with Gasteiger partial charge in [-0.25, -0.2) is 0 Å². The molecule has 2 N–H and O–H groups in total. The Hall–Kier alpha value is -3.68. The van der Waals surface area contributed by atoms with Gasteiger partial charge >= 0.3 is 0 Å². The molecule has 4 rings (SSSR count). The summed E-state index contributed by atoms with van der Waals surface area (Å²) in [5, 5.41) is 27.8. The number of aromatic amines is 1. The van der Waals surface area contributed by atoms with Gasteiger partial charge < -0.3 is 29.2 Å². The first kappa shape index (κ1) is 16.8. The molecule has 2 aromatic carbocycles. The van der Waals surface area contributed by atoms with Crippen LogP contribution >= 0.6 is 0 Å².